The van der Waals surface area contributed by atoms with Crippen molar-refractivity contribution in [3.8, 4) is 11.3 Å². The van der Waals surface area contributed by atoms with Crippen LogP contribution in [0.3, 0.4) is 0 Å². The van der Waals surface area contributed by atoms with Crippen LogP contribution >= 0.6 is 0 Å². The number of nitrogens with zero attached hydrogens (tertiary/aromatic N) is 5. The van der Waals surface area contributed by atoms with Gasteiger partial charge in [-0.1, -0.05) is 0 Å². The van der Waals surface area contributed by atoms with Gasteiger partial charge in [-0.25, -0.2) is 9.97 Å². The molecule has 2 aromatic heterocycles. The Morgan fingerprint density at radius 1 is 0.938 bits per heavy atom. The summed E-state index contributed by atoms with van der Waals surface area (Å²) in [6.07, 6.45) is -3.73. The molecule has 12 heteroatoms. The van der Waals surface area contributed by atoms with Crippen LogP contribution in [0.4, 0.5) is 30.8 Å². The SMILES string of the molecule is Nc1cc(C(F)(F)F)c(-c2cc(N3CCOCC3)nc(N3C[C@@H]4OCCO[C@@H]4C3)n2)cn1. The van der Waals surface area contributed by atoms with Crippen LogP contribution in [0.5, 0.6) is 0 Å². The molecule has 3 aliphatic rings. The van der Waals surface area contributed by atoms with Gasteiger partial charge in [0.05, 0.1) is 37.7 Å². The highest BCUT2D eigenvalue weighted by atomic mass is 19.4. The summed E-state index contributed by atoms with van der Waals surface area (Å²) in [5.74, 6) is 0.659. The Kier molecular flexibility index (Phi) is 5.51. The van der Waals surface area contributed by atoms with Crippen LogP contribution in [-0.4, -0.2) is 79.8 Å². The number of rotatable bonds is 3. The van der Waals surface area contributed by atoms with Crippen molar-refractivity contribution in [2.75, 3.05) is 68.1 Å². The van der Waals surface area contributed by atoms with Crippen molar-refractivity contribution in [3.63, 3.8) is 0 Å². The fourth-order valence-corrected chi connectivity index (χ4v) is 4.19. The Hall–Kier alpha value is -2.70. The number of alkyl halides is 3. The van der Waals surface area contributed by atoms with Crippen LogP contribution in [0, 0.1) is 0 Å². The number of pyridine rings is 1. The third kappa shape index (κ3) is 4.17. The molecule has 2 aromatic rings. The summed E-state index contributed by atoms with van der Waals surface area (Å²) >= 11 is 0. The highest BCUT2D eigenvalue weighted by molar-refractivity contribution is 5.69. The van der Waals surface area contributed by atoms with E-state index in [-0.39, 0.29) is 29.3 Å². The molecule has 2 atom stereocenters. The lowest BCUT2D eigenvalue weighted by atomic mass is 10.1. The van der Waals surface area contributed by atoms with Crippen molar-refractivity contribution in [2.24, 2.45) is 0 Å². The Morgan fingerprint density at radius 2 is 1.62 bits per heavy atom. The van der Waals surface area contributed by atoms with Crippen LogP contribution in [0.15, 0.2) is 18.3 Å². The number of ether oxygens (including phenoxy) is 3. The first kappa shape index (κ1) is 21.2. The number of nitrogen functional groups attached to an aromatic ring is 1. The molecule has 0 saturated carbocycles. The second kappa shape index (κ2) is 8.34. The fourth-order valence-electron chi connectivity index (χ4n) is 4.19. The van der Waals surface area contributed by atoms with Crippen molar-refractivity contribution in [2.45, 2.75) is 18.4 Å². The van der Waals surface area contributed by atoms with Gasteiger partial charge in [-0.05, 0) is 6.07 Å². The average molecular weight is 452 g/mol. The molecule has 0 bridgehead atoms. The highest BCUT2D eigenvalue weighted by Crippen LogP contribution is 2.38. The molecule has 3 fully saturated rings. The maximum Gasteiger partial charge on any atom is 0.417 e. The van der Waals surface area contributed by atoms with E-state index in [9.17, 15) is 13.2 Å². The van der Waals surface area contributed by atoms with Gasteiger partial charge in [-0.15, -0.1) is 0 Å². The number of morpholine rings is 1. The van der Waals surface area contributed by atoms with Gasteiger partial charge < -0.3 is 29.7 Å². The van der Waals surface area contributed by atoms with E-state index < -0.39 is 11.7 Å². The lowest BCUT2D eigenvalue weighted by Gasteiger charge is -2.29. The lowest BCUT2D eigenvalue weighted by molar-refractivity contribution is -0.137. The van der Waals surface area contributed by atoms with Crippen LogP contribution in [0.25, 0.3) is 11.3 Å². The van der Waals surface area contributed by atoms with Crippen LogP contribution in [0.1, 0.15) is 5.56 Å². The molecule has 0 aliphatic carbocycles. The highest BCUT2D eigenvalue weighted by Gasteiger charge is 2.39. The van der Waals surface area contributed by atoms with Gasteiger partial charge in [0.1, 0.15) is 23.8 Å². The van der Waals surface area contributed by atoms with E-state index in [4.69, 9.17) is 19.9 Å². The van der Waals surface area contributed by atoms with Crippen molar-refractivity contribution >= 4 is 17.6 Å². The molecule has 9 nitrogen and oxygen atoms in total. The summed E-state index contributed by atoms with van der Waals surface area (Å²) in [4.78, 5) is 16.9. The smallest absolute Gasteiger partial charge is 0.384 e. The van der Waals surface area contributed by atoms with Gasteiger partial charge in [0.2, 0.25) is 5.95 Å². The minimum absolute atomic E-state index is 0.119. The van der Waals surface area contributed by atoms with E-state index >= 15 is 0 Å². The van der Waals surface area contributed by atoms with Gasteiger partial charge in [-0.3, -0.25) is 0 Å². The summed E-state index contributed by atoms with van der Waals surface area (Å²) < 4.78 is 58.3. The summed E-state index contributed by atoms with van der Waals surface area (Å²) in [6, 6.07) is 2.39. The van der Waals surface area contributed by atoms with E-state index in [0.29, 0.717) is 64.4 Å². The van der Waals surface area contributed by atoms with E-state index in [1.165, 1.54) is 0 Å². The second-order valence-electron chi connectivity index (χ2n) is 7.89. The topological polar surface area (TPSA) is 98.9 Å². The van der Waals surface area contributed by atoms with Crippen LogP contribution in [0.2, 0.25) is 0 Å². The molecule has 172 valence electrons. The zero-order valence-electron chi connectivity index (χ0n) is 17.2. The Morgan fingerprint density at radius 3 is 2.28 bits per heavy atom. The van der Waals surface area contributed by atoms with Crippen molar-refractivity contribution < 1.29 is 27.4 Å². The molecule has 0 amide bonds. The minimum Gasteiger partial charge on any atom is -0.384 e. The second-order valence-corrected chi connectivity index (χ2v) is 7.89. The molecule has 0 radical (unpaired) electrons. The normalized spacial score (nSPS) is 24.0. The lowest BCUT2D eigenvalue weighted by Crippen LogP contribution is -2.37. The van der Waals surface area contributed by atoms with Crippen LogP contribution in [-0.2, 0) is 20.4 Å². The van der Waals surface area contributed by atoms with Crippen molar-refractivity contribution in [1.29, 1.82) is 0 Å². The van der Waals surface area contributed by atoms with Gasteiger partial charge in [-0.2, -0.15) is 18.2 Å². The average Bonchev–Trinajstić information content (AvgIpc) is 3.23. The van der Waals surface area contributed by atoms with Gasteiger partial charge in [0.15, 0.2) is 0 Å². The predicted octanol–water partition coefficient (Wildman–Crippen LogP) is 1.58. The maximum atomic E-state index is 13.8. The van der Waals surface area contributed by atoms with Gasteiger partial charge >= 0.3 is 6.18 Å². The fraction of sp³-hybridized carbons (Fsp3) is 0.550. The quantitative estimate of drug-likeness (QED) is 0.744. The molecular weight excluding hydrogens is 429 g/mol. The third-order valence-electron chi connectivity index (χ3n) is 5.79. The van der Waals surface area contributed by atoms with E-state index in [0.717, 1.165) is 12.3 Å². The largest absolute Gasteiger partial charge is 0.417 e. The molecule has 5 heterocycles. The number of hydrogen-bond donors (Lipinski definition) is 1. The first-order valence-corrected chi connectivity index (χ1v) is 10.4. The first-order valence-electron chi connectivity index (χ1n) is 10.4. The summed E-state index contributed by atoms with van der Waals surface area (Å²) in [7, 11) is 0. The summed E-state index contributed by atoms with van der Waals surface area (Å²) in [6.45, 7) is 4.23. The zero-order valence-corrected chi connectivity index (χ0v) is 17.2. The van der Waals surface area contributed by atoms with Crippen LogP contribution < -0.4 is 15.5 Å². The van der Waals surface area contributed by atoms with E-state index in [1.54, 1.807) is 6.07 Å². The summed E-state index contributed by atoms with van der Waals surface area (Å²) in [5.41, 5.74) is 4.65. The molecule has 0 aromatic carbocycles. The molecule has 3 aliphatic heterocycles. The molecule has 3 saturated heterocycles. The number of anilines is 3. The minimum atomic E-state index is -4.61. The standard InChI is InChI=1S/C20H23F3N6O3/c21-20(22,23)13-7-17(24)25-9-12(13)14-8-18(28-1-3-30-4-2-28)27-19(26-14)29-10-15-16(11-29)32-6-5-31-15/h7-9,15-16H,1-6,10-11H2,(H2,24,25)/t15-,16+. The monoisotopic (exact) mass is 452 g/mol. The molecule has 2 N–H and O–H groups in total. The van der Waals surface area contributed by atoms with Crippen molar-refractivity contribution in [3.05, 3.63) is 23.9 Å². The van der Waals surface area contributed by atoms with Crippen molar-refractivity contribution in [1.82, 2.24) is 15.0 Å². The number of hydrogen-bond acceptors (Lipinski definition) is 9. The Balaban J connectivity index is 1.58. The predicted molar refractivity (Wildman–Crippen MR) is 109 cm³/mol. The number of halogens is 3. The molecular formula is C20H23F3N6O3. The van der Waals surface area contributed by atoms with Gasteiger partial charge in [0.25, 0.3) is 0 Å². The summed E-state index contributed by atoms with van der Waals surface area (Å²) in [5, 5.41) is 0. The number of nitrogens with two attached hydrogens (primary N) is 1. The first-order chi connectivity index (χ1) is 15.4. The number of fused-ring (bicyclic) bond motifs is 1. The molecule has 5 rings (SSSR count). The van der Waals surface area contributed by atoms with E-state index in [2.05, 4.69) is 15.0 Å². The Bertz CT molecular complexity index is 972. The number of aromatic nitrogens is 3. The Labute approximate surface area is 182 Å². The molecule has 32 heavy (non-hydrogen) atoms. The third-order valence-corrected chi connectivity index (χ3v) is 5.79. The van der Waals surface area contributed by atoms with Gasteiger partial charge in [0, 0.05) is 44.0 Å². The zero-order chi connectivity index (χ0) is 22.3. The molecule has 0 spiro atoms. The molecule has 0 unspecified atom stereocenters. The van der Waals surface area contributed by atoms with E-state index in [1.807, 2.05) is 9.80 Å². The maximum absolute atomic E-state index is 13.8.